The molecular weight excluding hydrogens is 655 g/mol. The van der Waals surface area contributed by atoms with Gasteiger partial charge in [-0.25, -0.2) is 13.4 Å². The van der Waals surface area contributed by atoms with Gasteiger partial charge in [0.15, 0.2) is 27.0 Å². The van der Waals surface area contributed by atoms with Gasteiger partial charge in [-0.1, -0.05) is 62.8 Å². The molecule has 4 aliphatic carbocycles. The van der Waals surface area contributed by atoms with Crippen LogP contribution in [0.2, 0.25) is 0 Å². The molecule has 0 unspecified atom stereocenters. The van der Waals surface area contributed by atoms with E-state index in [1.54, 1.807) is 37.3 Å². The first-order chi connectivity index (χ1) is 23.7. The number of rotatable bonds is 5. The van der Waals surface area contributed by atoms with E-state index in [1.165, 1.54) is 0 Å². The molecule has 10 heteroatoms. The summed E-state index contributed by atoms with van der Waals surface area (Å²) in [4.78, 5) is 28.9. The third-order valence-electron chi connectivity index (χ3n) is 12.3. The highest BCUT2D eigenvalue weighted by molar-refractivity contribution is 7.91. The first kappa shape index (κ1) is 34.5. The van der Waals surface area contributed by atoms with E-state index in [0.29, 0.717) is 29.8 Å². The number of hydrogen-bond acceptors (Lipinski definition) is 9. The number of aliphatic hydroxyl groups excluding tert-OH is 2. The normalized spacial score (nSPS) is 31.7. The van der Waals surface area contributed by atoms with Crippen molar-refractivity contribution in [1.82, 2.24) is 4.98 Å². The minimum Gasteiger partial charge on any atom is -0.436 e. The molecule has 1 heterocycles. The molecule has 0 spiro atoms. The van der Waals surface area contributed by atoms with Gasteiger partial charge in [0.1, 0.15) is 17.7 Å². The van der Waals surface area contributed by atoms with Gasteiger partial charge in [-0.3, -0.25) is 9.59 Å². The maximum absolute atomic E-state index is 12.4. The number of carbonyl (C=O) groups is 2. The SMILES string of the molecule is CCS(=O)(=O)c1ccc2oc(-c3ccc4ccccc4c3)nc2c1.C[C@]12C=CC(=O)C=C1CC[C@@H]1[C@@H]2[C@@H](O)C[C@@]2(C)[C@H]1CC[C@]2(O)C(=O)CO. The van der Waals surface area contributed by atoms with E-state index >= 15 is 0 Å². The van der Waals surface area contributed by atoms with Gasteiger partial charge in [0.2, 0.25) is 5.89 Å². The molecule has 50 heavy (non-hydrogen) atoms. The van der Waals surface area contributed by atoms with E-state index in [2.05, 4.69) is 11.9 Å². The number of allylic oxidation sites excluding steroid dienone is 4. The Labute approximate surface area is 291 Å². The lowest BCUT2D eigenvalue weighted by Gasteiger charge is -2.59. The predicted molar refractivity (Wildman–Crippen MR) is 190 cm³/mol. The number of nitrogens with zero attached hydrogens (tertiary/aromatic N) is 1. The van der Waals surface area contributed by atoms with E-state index in [0.717, 1.165) is 41.2 Å². The second-order valence-corrected chi connectivity index (χ2v) is 17.1. The lowest BCUT2D eigenvalue weighted by molar-refractivity contribution is -0.178. The maximum atomic E-state index is 12.4. The highest BCUT2D eigenvalue weighted by atomic mass is 32.2. The Morgan fingerprint density at radius 1 is 1.04 bits per heavy atom. The van der Waals surface area contributed by atoms with E-state index in [-0.39, 0.29) is 39.6 Å². The van der Waals surface area contributed by atoms with Crippen molar-refractivity contribution in [2.75, 3.05) is 12.4 Å². The molecule has 0 amide bonds. The topological polar surface area (TPSA) is 155 Å². The lowest BCUT2D eigenvalue weighted by Crippen LogP contribution is -2.61. The maximum Gasteiger partial charge on any atom is 0.227 e. The van der Waals surface area contributed by atoms with Crippen molar-refractivity contribution in [2.24, 2.45) is 28.6 Å². The Morgan fingerprint density at radius 2 is 1.80 bits per heavy atom. The summed E-state index contributed by atoms with van der Waals surface area (Å²) in [6.07, 6.45) is 7.68. The summed E-state index contributed by atoms with van der Waals surface area (Å²) in [5.74, 6) is 0.325. The van der Waals surface area contributed by atoms with Gasteiger partial charge < -0.3 is 19.7 Å². The Bertz CT molecular complexity index is 2190. The quantitative estimate of drug-likeness (QED) is 0.228. The molecule has 3 saturated carbocycles. The number of hydrogen-bond donors (Lipinski definition) is 3. The molecule has 3 fully saturated rings. The average molecular weight is 698 g/mol. The van der Waals surface area contributed by atoms with Crippen LogP contribution in [-0.4, -0.2) is 64.4 Å². The molecule has 3 aromatic carbocycles. The van der Waals surface area contributed by atoms with Crippen LogP contribution in [0.4, 0.5) is 0 Å². The summed E-state index contributed by atoms with van der Waals surface area (Å²) in [7, 11) is -3.26. The third-order valence-corrected chi connectivity index (χ3v) is 14.1. The van der Waals surface area contributed by atoms with Crippen molar-refractivity contribution < 1.29 is 37.7 Å². The Hall–Kier alpha value is -3.96. The standard InChI is InChI=1S/C21H28O5.C19H15NO3S/c1-19-7-5-13(23)9-12(19)3-4-14-15-6-8-21(26,17(25)11-22)20(15,2)10-16(24)18(14)19;1-2-24(21,22)16-9-10-18-17(12-16)20-19(23-18)15-8-7-13-5-3-4-6-14(13)11-15/h5,7,9,14-16,18,22,24,26H,3-4,6,8,10-11H2,1-2H3;3-12H,2H2,1H3/t14-,15-,16-,18+,19-,20-,21-;/m0./s1. The fourth-order valence-corrected chi connectivity index (χ4v) is 10.5. The highest BCUT2D eigenvalue weighted by Gasteiger charge is 2.68. The summed E-state index contributed by atoms with van der Waals surface area (Å²) in [6, 6.07) is 18.9. The molecule has 9 nitrogen and oxygen atoms in total. The fourth-order valence-electron chi connectivity index (χ4n) is 9.63. The summed E-state index contributed by atoms with van der Waals surface area (Å²) in [5, 5.41) is 33.9. The van der Waals surface area contributed by atoms with Gasteiger partial charge in [-0.05, 0) is 97.2 Å². The monoisotopic (exact) mass is 697 g/mol. The van der Waals surface area contributed by atoms with Crippen LogP contribution in [-0.2, 0) is 19.4 Å². The Balaban J connectivity index is 0.000000157. The van der Waals surface area contributed by atoms with Gasteiger partial charge in [0.05, 0.1) is 16.8 Å². The molecule has 0 bridgehead atoms. The largest absolute Gasteiger partial charge is 0.436 e. The van der Waals surface area contributed by atoms with Crippen LogP contribution in [0.1, 0.15) is 52.9 Å². The fraction of sp³-hybridized carbons (Fsp3) is 0.425. The van der Waals surface area contributed by atoms with E-state index < -0.39 is 39.3 Å². The number of oxazole rings is 1. The Morgan fingerprint density at radius 3 is 2.54 bits per heavy atom. The van der Waals surface area contributed by atoms with Crippen LogP contribution in [0.5, 0.6) is 0 Å². The molecule has 3 N–H and O–H groups in total. The zero-order valence-corrected chi connectivity index (χ0v) is 29.3. The van der Waals surface area contributed by atoms with Crippen molar-refractivity contribution in [3.63, 3.8) is 0 Å². The number of aliphatic hydroxyl groups is 3. The van der Waals surface area contributed by atoms with Crippen molar-refractivity contribution in [2.45, 2.75) is 69.5 Å². The first-order valence-corrected chi connectivity index (χ1v) is 19.0. The van der Waals surface area contributed by atoms with E-state index in [1.807, 2.05) is 55.5 Å². The average Bonchev–Trinajstić information content (AvgIpc) is 3.66. The van der Waals surface area contributed by atoms with Crippen molar-refractivity contribution >= 4 is 43.3 Å². The number of aromatic nitrogens is 1. The molecule has 4 aliphatic rings. The molecule has 262 valence electrons. The molecule has 7 atom stereocenters. The third kappa shape index (κ3) is 5.39. The van der Waals surface area contributed by atoms with Crippen LogP contribution in [0.3, 0.4) is 0 Å². The number of ketones is 2. The molecule has 1 aromatic heterocycles. The van der Waals surface area contributed by atoms with Crippen LogP contribution in [0, 0.1) is 28.6 Å². The van der Waals surface area contributed by atoms with Crippen molar-refractivity contribution in [3.05, 3.63) is 84.5 Å². The van der Waals surface area contributed by atoms with Crippen molar-refractivity contribution in [3.8, 4) is 11.5 Å². The lowest BCUT2D eigenvalue weighted by atomic mass is 9.46. The van der Waals surface area contributed by atoms with Crippen molar-refractivity contribution in [1.29, 1.82) is 0 Å². The summed E-state index contributed by atoms with van der Waals surface area (Å²) in [6.45, 7) is 4.97. The van der Waals surface area contributed by atoms with Gasteiger partial charge in [0.25, 0.3) is 0 Å². The number of benzene rings is 3. The van der Waals surface area contributed by atoms with Crippen LogP contribution in [0.25, 0.3) is 33.3 Å². The number of fused-ring (bicyclic) bond motifs is 7. The second kappa shape index (κ2) is 12.4. The molecule has 0 aliphatic heterocycles. The molecule has 0 saturated heterocycles. The number of Topliss-reactive ketones (excluding diaryl/α,β-unsaturated/α-hetero) is 1. The van der Waals surface area contributed by atoms with Gasteiger partial charge in [0, 0.05) is 22.3 Å². The minimum atomic E-state index is -3.26. The first-order valence-electron chi connectivity index (χ1n) is 17.4. The number of sulfone groups is 1. The zero-order valence-electron chi connectivity index (χ0n) is 28.5. The second-order valence-electron chi connectivity index (χ2n) is 14.8. The molecule has 8 rings (SSSR count). The summed E-state index contributed by atoms with van der Waals surface area (Å²) >= 11 is 0. The van der Waals surface area contributed by atoms with Gasteiger partial charge >= 0.3 is 0 Å². The van der Waals surface area contributed by atoms with E-state index in [9.17, 15) is 33.3 Å². The number of carbonyl (C=O) groups excluding carboxylic acids is 2. The summed E-state index contributed by atoms with van der Waals surface area (Å²) < 4.78 is 29.8. The van der Waals surface area contributed by atoms with Gasteiger partial charge in [-0.15, -0.1) is 0 Å². The summed E-state index contributed by atoms with van der Waals surface area (Å²) in [5.41, 5.74) is 0.450. The van der Waals surface area contributed by atoms with Crippen LogP contribution >= 0.6 is 0 Å². The zero-order chi connectivity index (χ0) is 35.6. The smallest absolute Gasteiger partial charge is 0.227 e. The molecule has 4 aromatic rings. The van der Waals surface area contributed by atoms with Crippen LogP contribution < -0.4 is 0 Å². The highest BCUT2D eigenvalue weighted by Crippen LogP contribution is 2.67. The Kier molecular flexibility index (Phi) is 8.53. The minimum absolute atomic E-state index is 0.00912. The van der Waals surface area contributed by atoms with Gasteiger partial charge in [-0.2, -0.15) is 0 Å². The van der Waals surface area contributed by atoms with E-state index in [4.69, 9.17) is 4.42 Å². The molecule has 0 radical (unpaired) electrons. The van der Waals surface area contributed by atoms with Crippen LogP contribution in [0.15, 0.2) is 93.8 Å². The molecular formula is C40H43NO8S. The predicted octanol–water partition coefficient (Wildman–Crippen LogP) is 6.00.